The molecular weight excluding hydrogens is 238 g/mol. The van der Waals surface area contributed by atoms with E-state index in [0.29, 0.717) is 0 Å². The maximum Gasteiger partial charge on any atom is 0.221 e. The van der Waals surface area contributed by atoms with Gasteiger partial charge < -0.3 is 10.6 Å². The lowest BCUT2D eigenvalue weighted by Gasteiger charge is -2.09. The molecular formula is C10H11ClF2N2O. The third kappa shape index (κ3) is 3.34. The summed E-state index contributed by atoms with van der Waals surface area (Å²) in [5.74, 6) is -1.69. The zero-order valence-corrected chi connectivity index (χ0v) is 9.37. The summed E-state index contributed by atoms with van der Waals surface area (Å²) in [5.41, 5.74) is 0.00645. The monoisotopic (exact) mass is 248 g/mol. The fourth-order valence-corrected chi connectivity index (χ4v) is 1.40. The molecule has 6 heteroatoms. The van der Waals surface area contributed by atoms with E-state index in [0.717, 1.165) is 12.1 Å². The van der Waals surface area contributed by atoms with Gasteiger partial charge in [0.2, 0.25) is 5.91 Å². The normalized spacial score (nSPS) is 10.0. The molecule has 0 aromatic heterocycles. The Morgan fingerprint density at radius 2 is 2.12 bits per heavy atom. The second-order valence-corrected chi connectivity index (χ2v) is 3.50. The van der Waals surface area contributed by atoms with E-state index < -0.39 is 11.6 Å². The molecule has 0 radical (unpaired) electrons. The molecule has 2 N–H and O–H groups in total. The van der Waals surface area contributed by atoms with Gasteiger partial charge in [0, 0.05) is 26.1 Å². The van der Waals surface area contributed by atoms with Crippen molar-refractivity contribution < 1.29 is 13.6 Å². The minimum absolute atomic E-state index is 0.00645. The average Bonchev–Trinajstić information content (AvgIpc) is 2.21. The number of hydrogen-bond donors (Lipinski definition) is 2. The van der Waals surface area contributed by atoms with Gasteiger partial charge in [0.15, 0.2) is 5.82 Å². The van der Waals surface area contributed by atoms with Crippen LogP contribution in [-0.4, -0.2) is 19.5 Å². The molecule has 1 aromatic carbocycles. The lowest BCUT2D eigenvalue weighted by Crippen LogP contribution is -2.21. The number of anilines is 1. The van der Waals surface area contributed by atoms with Crippen molar-refractivity contribution in [2.24, 2.45) is 0 Å². The predicted molar refractivity (Wildman–Crippen MR) is 58.5 cm³/mol. The minimum Gasteiger partial charge on any atom is -0.381 e. The van der Waals surface area contributed by atoms with Crippen LogP contribution in [0.3, 0.4) is 0 Å². The molecule has 0 heterocycles. The van der Waals surface area contributed by atoms with Crippen LogP contribution in [0.1, 0.15) is 6.42 Å². The van der Waals surface area contributed by atoms with Crippen molar-refractivity contribution >= 4 is 23.2 Å². The van der Waals surface area contributed by atoms with E-state index in [-0.39, 0.29) is 29.6 Å². The molecule has 0 unspecified atom stereocenters. The van der Waals surface area contributed by atoms with Gasteiger partial charge in [0.05, 0.1) is 10.7 Å². The van der Waals surface area contributed by atoms with Crippen molar-refractivity contribution in [2.75, 3.05) is 18.9 Å². The Balaban J connectivity index is 2.64. The highest BCUT2D eigenvalue weighted by Crippen LogP contribution is 2.26. The van der Waals surface area contributed by atoms with Gasteiger partial charge in [-0.25, -0.2) is 8.78 Å². The van der Waals surface area contributed by atoms with E-state index in [1.807, 2.05) is 0 Å². The van der Waals surface area contributed by atoms with Crippen LogP contribution in [0.4, 0.5) is 14.5 Å². The molecule has 1 aromatic rings. The summed E-state index contributed by atoms with van der Waals surface area (Å²) in [6, 6.07) is 1.74. The molecule has 1 rings (SSSR count). The van der Waals surface area contributed by atoms with Crippen LogP contribution in [0.15, 0.2) is 12.1 Å². The van der Waals surface area contributed by atoms with Crippen LogP contribution < -0.4 is 10.6 Å². The molecule has 0 fully saturated rings. The Morgan fingerprint density at radius 1 is 1.44 bits per heavy atom. The largest absolute Gasteiger partial charge is 0.381 e. The average molecular weight is 249 g/mol. The van der Waals surface area contributed by atoms with Crippen LogP contribution in [-0.2, 0) is 4.79 Å². The van der Waals surface area contributed by atoms with Gasteiger partial charge in [0.1, 0.15) is 5.82 Å². The molecule has 3 nitrogen and oxygen atoms in total. The van der Waals surface area contributed by atoms with Gasteiger partial charge >= 0.3 is 0 Å². The smallest absolute Gasteiger partial charge is 0.221 e. The van der Waals surface area contributed by atoms with Crippen molar-refractivity contribution in [2.45, 2.75) is 6.42 Å². The van der Waals surface area contributed by atoms with E-state index in [1.165, 1.54) is 7.05 Å². The molecule has 0 spiro atoms. The van der Waals surface area contributed by atoms with Gasteiger partial charge in [-0.2, -0.15) is 0 Å². The van der Waals surface area contributed by atoms with E-state index in [9.17, 15) is 13.6 Å². The first-order chi connectivity index (χ1) is 7.54. The molecule has 0 saturated heterocycles. The van der Waals surface area contributed by atoms with Crippen molar-refractivity contribution in [1.29, 1.82) is 0 Å². The van der Waals surface area contributed by atoms with Gasteiger partial charge in [-0.15, -0.1) is 0 Å². The van der Waals surface area contributed by atoms with E-state index in [4.69, 9.17) is 11.6 Å². The zero-order valence-electron chi connectivity index (χ0n) is 8.61. The highest BCUT2D eigenvalue weighted by Gasteiger charge is 2.09. The summed E-state index contributed by atoms with van der Waals surface area (Å²) in [6.07, 6.45) is 0.184. The maximum atomic E-state index is 13.2. The third-order valence-electron chi connectivity index (χ3n) is 1.94. The number of rotatable bonds is 4. The number of carbonyl (C=O) groups excluding carboxylic acids is 1. The maximum absolute atomic E-state index is 13.2. The van der Waals surface area contributed by atoms with Crippen LogP contribution in [0.5, 0.6) is 0 Å². The molecule has 0 aliphatic carbocycles. The molecule has 1 amide bonds. The molecule has 0 aliphatic heterocycles. The fourth-order valence-electron chi connectivity index (χ4n) is 1.14. The first-order valence-electron chi connectivity index (χ1n) is 4.63. The number of carbonyl (C=O) groups is 1. The number of halogens is 3. The Morgan fingerprint density at radius 3 is 2.69 bits per heavy atom. The van der Waals surface area contributed by atoms with Gasteiger partial charge in [-0.3, -0.25) is 4.79 Å². The Hall–Kier alpha value is -1.36. The van der Waals surface area contributed by atoms with Crippen molar-refractivity contribution in [3.05, 3.63) is 28.8 Å². The van der Waals surface area contributed by atoms with E-state index >= 15 is 0 Å². The highest BCUT2D eigenvalue weighted by atomic mass is 35.5. The van der Waals surface area contributed by atoms with Crippen LogP contribution in [0.2, 0.25) is 5.02 Å². The third-order valence-corrected chi connectivity index (χ3v) is 2.24. The fraction of sp³-hybridized carbons (Fsp3) is 0.300. The van der Waals surface area contributed by atoms with Crippen molar-refractivity contribution in [1.82, 2.24) is 5.32 Å². The lowest BCUT2D eigenvalue weighted by molar-refractivity contribution is -0.120. The summed E-state index contributed by atoms with van der Waals surface area (Å²) in [6.45, 7) is 0.224. The molecule has 0 saturated carbocycles. The van der Waals surface area contributed by atoms with Crippen LogP contribution in [0, 0.1) is 11.6 Å². The first kappa shape index (κ1) is 12.7. The van der Waals surface area contributed by atoms with Gasteiger partial charge in [0.25, 0.3) is 0 Å². The van der Waals surface area contributed by atoms with Crippen molar-refractivity contribution in [3.63, 3.8) is 0 Å². The van der Waals surface area contributed by atoms with E-state index in [1.54, 1.807) is 0 Å². The summed E-state index contributed by atoms with van der Waals surface area (Å²) in [7, 11) is 1.51. The Labute approximate surface area is 96.8 Å². The SMILES string of the molecule is CNC(=O)CCNc1c(F)cc(F)cc1Cl. The predicted octanol–water partition coefficient (Wildman–Crippen LogP) is 2.17. The van der Waals surface area contributed by atoms with Crippen molar-refractivity contribution in [3.8, 4) is 0 Å². The summed E-state index contributed by atoms with van der Waals surface area (Å²) < 4.78 is 25.9. The summed E-state index contributed by atoms with van der Waals surface area (Å²) in [4.78, 5) is 10.9. The first-order valence-corrected chi connectivity index (χ1v) is 5.01. The quantitative estimate of drug-likeness (QED) is 0.857. The second kappa shape index (κ2) is 5.65. The zero-order chi connectivity index (χ0) is 12.1. The summed E-state index contributed by atoms with van der Waals surface area (Å²) >= 11 is 5.64. The second-order valence-electron chi connectivity index (χ2n) is 3.09. The molecule has 88 valence electrons. The molecule has 0 aliphatic rings. The molecule has 0 bridgehead atoms. The molecule has 0 atom stereocenters. The van der Waals surface area contributed by atoms with E-state index in [2.05, 4.69) is 10.6 Å². The lowest BCUT2D eigenvalue weighted by atomic mass is 10.3. The Bertz CT molecular complexity index is 375. The van der Waals surface area contributed by atoms with Gasteiger partial charge in [-0.1, -0.05) is 11.6 Å². The Kier molecular flexibility index (Phi) is 4.49. The number of amides is 1. The number of nitrogens with one attached hydrogen (secondary N) is 2. The van der Waals surface area contributed by atoms with Crippen LogP contribution >= 0.6 is 11.6 Å². The summed E-state index contributed by atoms with van der Waals surface area (Å²) in [5, 5.41) is 5.02. The van der Waals surface area contributed by atoms with Crippen LogP contribution in [0.25, 0.3) is 0 Å². The topological polar surface area (TPSA) is 41.1 Å². The van der Waals surface area contributed by atoms with Gasteiger partial charge in [-0.05, 0) is 6.07 Å². The minimum atomic E-state index is -0.776. The molecule has 16 heavy (non-hydrogen) atoms. The highest BCUT2D eigenvalue weighted by molar-refractivity contribution is 6.33. The number of hydrogen-bond acceptors (Lipinski definition) is 2. The standard InChI is InChI=1S/C10H11ClF2N2O/c1-14-9(16)2-3-15-10-7(11)4-6(12)5-8(10)13/h4-5,15H,2-3H2,1H3,(H,14,16). The number of benzene rings is 1.